The molecule has 1 fully saturated rings. The van der Waals surface area contributed by atoms with Gasteiger partial charge in [0, 0.05) is 36.7 Å². The number of nitrogens with one attached hydrogen (secondary N) is 4. The highest BCUT2D eigenvalue weighted by Crippen LogP contribution is 2.24. The third-order valence-electron chi connectivity index (χ3n) is 5.35. The number of aromatic nitrogens is 1. The van der Waals surface area contributed by atoms with Crippen LogP contribution in [0.25, 0.3) is 10.9 Å². The lowest BCUT2D eigenvalue weighted by molar-refractivity contribution is -0.00539. The van der Waals surface area contributed by atoms with E-state index in [-0.39, 0.29) is 24.6 Å². The molecule has 4 rings (SSSR count). The first-order valence-corrected chi connectivity index (χ1v) is 10.5. The quantitative estimate of drug-likeness (QED) is 0.470. The van der Waals surface area contributed by atoms with E-state index in [2.05, 4.69) is 21.2 Å². The molecule has 9 heteroatoms. The molecule has 2 unspecified atom stereocenters. The molecule has 3 amide bonds. The first kappa shape index (κ1) is 21.6. The van der Waals surface area contributed by atoms with Crippen LogP contribution in [0.15, 0.2) is 48.7 Å². The van der Waals surface area contributed by atoms with Crippen LogP contribution in [-0.4, -0.2) is 42.2 Å². The second-order valence-electron chi connectivity index (χ2n) is 7.96. The van der Waals surface area contributed by atoms with E-state index in [9.17, 15) is 14.0 Å². The first-order chi connectivity index (χ1) is 15.4. The summed E-state index contributed by atoms with van der Waals surface area (Å²) in [5, 5.41) is 3.36. The number of rotatable bonds is 4. The molecule has 0 saturated carbocycles. The van der Waals surface area contributed by atoms with Gasteiger partial charge in [-0.25, -0.2) is 14.6 Å². The number of fused-ring (bicyclic) bond motifs is 1. The van der Waals surface area contributed by atoms with Crippen LogP contribution in [0.2, 0.25) is 0 Å². The van der Waals surface area contributed by atoms with E-state index in [0.29, 0.717) is 29.9 Å². The second-order valence-corrected chi connectivity index (χ2v) is 7.96. The molecule has 4 N–H and O–H groups in total. The van der Waals surface area contributed by atoms with Gasteiger partial charge in [0.1, 0.15) is 5.82 Å². The van der Waals surface area contributed by atoms with Crippen molar-refractivity contribution in [3.8, 4) is 0 Å². The van der Waals surface area contributed by atoms with Crippen molar-refractivity contribution in [1.29, 1.82) is 0 Å². The lowest BCUT2D eigenvalue weighted by Gasteiger charge is -2.37. The fourth-order valence-electron chi connectivity index (χ4n) is 3.96. The van der Waals surface area contributed by atoms with Gasteiger partial charge in [-0.15, -0.1) is 0 Å². The zero-order valence-corrected chi connectivity index (χ0v) is 17.9. The van der Waals surface area contributed by atoms with Crippen LogP contribution in [0, 0.1) is 5.82 Å². The fraction of sp³-hybridized carbons (Fsp3) is 0.304. The molecular weight excluding hydrogens is 413 g/mol. The van der Waals surface area contributed by atoms with Crippen LogP contribution in [0.4, 0.5) is 14.9 Å². The van der Waals surface area contributed by atoms with Crippen molar-refractivity contribution in [3.63, 3.8) is 0 Å². The van der Waals surface area contributed by atoms with Gasteiger partial charge in [-0.3, -0.25) is 10.2 Å². The van der Waals surface area contributed by atoms with E-state index in [1.165, 1.54) is 6.07 Å². The van der Waals surface area contributed by atoms with Crippen LogP contribution < -0.4 is 21.1 Å². The average molecular weight is 439 g/mol. The van der Waals surface area contributed by atoms with Gasteiger partial charge in [-0.2, -0.15) is 0 Å². The van der Waals surface area contributed by atoms with E-state index < -0.39 is 11.9 Å². The summed E-state index contributed by atoms with van der Waals surface area (Å²) in [6.07, 6.45) is 1.64. The third kappa shape index (κ3) is 4.83. The highest BCUT2D eigenvalue weighted by molar-refractivity contribution is 6.07. The smallest absolute Gasteiger partial charge is 0.333 e. The van der Waals surface area contributed by atoms with Crippen molar-refractivity contribution in [2.24, 2.45) is 0 Å². The van der Waals surface area contributed by atoms with Crippen molar-refractivity contribution >= 4 is 28.5 Å². The van der Waals surface area contributed by atoms with Gasteiger partial charge in [0.25, 0.3) is 5.91 Å². The van der Waals surface area contributed by atoms with Gasteiger partial charge in [0.05, 0.1) is 23.5 Å². The van der Waals surface area contributed by atoms with Crippen LogP contribution in [0.1, 0.15) is 29.8 Å². The molecule has 2 heterocycles. The van der Waals surface area contributed by atoms with Crippen LogP contribution >= 0.6 is 0 Å². The molecule has 32 heavy (non-hydrogen) atoms. The molecule has 1 aliphatic heterocycles. The number of hydrogen-bond acceptors (Lipinski definition) is 4. The highest BCUT2D eigenvalue weighted by atomic mass is 19.1. The van der Waals surface area contributed by atoms with E-state index in [1.54, 1.807) is 18.3 Å². The monoisotopic (exact) mass is 439 g/mol. The molecule has 1 saturated heterocycles. The molecular formula is C23H26FN5O3. The number of halogens is 1. The number of urea groups is 1. The predicted octanol–water partition coefficient (Wildman–Crippen LogP) is 3.06. The van der Waals surface area contributed by atoms with Gasteiger partial charge >= 0.3 is 6.03 Å². The zero-order chi connectivity index (χ0) is 22.7. The molecule has 1 aliphatic rings. The van der Waals surface area contributed by atoms with E-state index >= 15 is 0 Å². The van der Waals surface area contributed by atoms with E-state index in [4.69, 9.17) is 4.74 Å². The Bertz CT molecular complexity index is 1120. The van der Waals surface area contributed by atoms with Gasteiger partial charge in [0.15, 0.2) is 0 Å². The normalized spacial score (nSPS) is 18.4. The fourth-order valence-corrected chi connectivity index (χ4v) is 3.96. The van der Waals surface area contributed by atoms with E-state index in [1.807, 2.05) is 43.0 Å². The Kier molecular flexibility index (Phi) is 6.27. The van der Waals surface area contributed by atoms with Crippen molar-refractivity contribution in [2.75, 3.05) is 18.0 Å². The maximum absolute atomic E-state index is 14.7. The maximum Gasteiger partial charge on any atom is 0.333 e. The number of benzene rings is 2. The molecule has 8 nitrogen and oxygen atoms in total. The summed E-state index contributed by atoms with van der Waals surface area (Å²) in [6, 6.07) is 11.7. The number of carbonyl (C=O) groups excluding carboxylic acids is 2. The standard InChI is InChI=1S/C23H26FN5O3/c1-14-12-29(13-15(2)32-14)21-8-7-16(9-19(21)24)10-26-23(31)28-27-22(30)18-11-25-20-6-4-3-5-17(18)20/h3-9,11,14-15,25H,10,12-13H2,1-2H3,(H,27,30)(H2,26,28,31). The number of hydrazine groups is 1. The molecule has 0 bridgehead atoms. The average Bonchev–Trinajstić information content (AvgIpc) is 3.19. The van der Waals surface area contributed by atoms with Gasteiger partial charge in [-0.1, -0.05) is 24.3 Å². The highest BCUT2D eigenvalue weighted by Gasteiger charge is 2.24. The number of aromatic amines is 1. The van der Waals surface area contributed by atoms with E-state index in [0.717, 1.165) is 10.9 Å². The number of H-pyrrole nitrogens is 1. The Balaban J connectivity index is 1.29. The number of anilines is 1. The summed E-state index contributed by atoms with van der Waals surface area (Å²) in [6.45, 7) is 5.29. The first-order valence-electron chi connectivity index (χ1n) is 10.5. The predicted molar refractivity (Wildman–Crippen MR) is 120 cm³/mol. The summed E-state index contributed by atoms with van der Waals surface area (Å²) in [7, 11) is 0. The summed E-state index contributed by atoms with van der Waals surface area (Å²) in [4.78, 5) is 29.4. The zero-order valence-electron chi connectivity index (χ0n) is 17.9. The summed E-state index contributed by atoms with van der Waals surface area (Å²) < 4.78 is 20.4. The Hall–Kier alpha value is -3.59. The molecule has 0 spiro atoms. The van der Waals surface area contributed by atoms with Crippen molar-refractivity contribution < 1.29 is 18.7 Å². The molecule has 3 aromatic rings. The van der Waals surface area contributed by atoms with Crippen LogP contribution in [0.3, 0.4) is 0 Å². The largest absolute Gasteiger partial charge is 0.372 e. The Labute approximate surface area is 185 Å². The van der Waals surface area contributed by atoms with Gasteiger partial charge < -0.3 is 19.9 Å². The third-order valence-corrected chi connectivity index (χ3v) is 5.35. The van der Waals surface area contributed by atoms with Gasteiger partial charge in [0.2, 0.25) is 0 Å². The number of para-hydroxylation sites is 1. The summed E-state index contributed by atoms with van der Waals surface area (Å²) >= 11 is 0. The molecule has 168 valence electrons. The Morgan fingerprint density at radius 1 is 1.12 bits per heavy atom. The molecule has 2 atom stereocenters. The molecule has 2 aromatic carbocycles. The van der Waals surface area contributed by atoms with Gasteiger partial charge in [-0.05, 0) is 37.6 Å². The number of hydrogen-bond donors (Lipinski definition) is 4. The lowest BCUT2D eigenvalue weighted by atomic mass is 10.1. The van der Waals surface area contributed by atoms with Crippen molar-refractivity contribution in [3.05, 3.63) is 65.6 Å². The minimum atomic E-state index is -0.599. The summed E-state index contributed by atoms with van der Waals surface area (Å²) in [5.74, 6) is -0.791. The van der Waals surface area contributed by atoms with Crippen molar-refractivity contribution in [1.82, 2.24) is 21.2 Å². The van der Waals surface area contributed by atoms with Crippen molar-refractivity contribution in [2.45, 2.75) is 32.6 Å². The Morgan fingerprint density at radius 3 is 2.62 bits per heavy atom. The topological polar surface area (TPSA) is 98.5 Å². The maximum atomic E-state index is 14.7. The number of carbonyl (C=O) groups is 2. The van der Waals surface area contributed by atoms with Crippen LogP contribution in [0.5, 0.6) is 0 Å². The summed E-state index contributed by atoms with van der Waals surface area (Å²) in [5.41, 5.74) is 7.06. The van der Waals surface area contributed by atoms with Crippen LogP contribution in [-0.2, 0) is 11.3 Å². The second kappa shape index (κ2) is 9.27. The number of morpholine rings is 1. The SMILES string of the molecule is CC1CN(c2ccc(CNC(=O)NNC(=O)c3c[nH]c4ccccc34)cc2F)CC(C)O1. The number of amides is 3. The minimum absolute atomic E-state index is 0.0302. The number of nitrogens with zero attached hydrogens (tertiary/aromatic N) is 1. The Morgan fingerprint density at radius 2 is 1.88 bits per heavy atom. The molecule has 0 radical (unpaired) electrons. The lowest BCUT2D eigenvalue weighted by Crippen LogP contribution is -2.46. The molecule has 0 aliphatic carbocycles. The molecule has 1 aromatic heterocycles. The number of ether oxygens (including phenoxy) is 1. The minimum Gasteiger partial charge on any atom is -0.372 e.